The van der Waals surface area contributed by atoms with Crippen molar-refractivity contribution in [2.75, 3.05) is 18.2 Å². The summed E-state index contributed by atoms with van der Waals surface area (Å²) in [5.41, 5.74) is 2.52. The van der Waals surface area contributed by atoms with Crippen molar-refractivity contribution in [3.05, 3.63) is 59.6 Å². The Morgan fingerprint density at radius 1 is 1.23 bits per heavy atom. The predicted molar refractivity (Wildman–Crippen MR) is 109 cm³/mol. The molecule has 0 bridgehead atoms. The van der Waals surface area contributed by atoms with Crippen LogP contribution in [0.1, 0.15) is 12.6 Å². The van der Waals surface area contributed by atoms with Gasteiger partial charge in [0.25, 0.3) is 0 Å². The third-order valence-corrected chi connectivity index (χ3v) is 5.31. The minimum atomic E-state index is -0.0711. The Morgan fingerprint density at radius 3 is 2.88 bits per heavy atom. The van der Waals surface area contributed by atoms with Crippen LogP contribution >= 0.6 is 23.1 Å². The number of carbonyl (C=O) groups is 1. The maximum absolute atomic E-state index is 12.3. The molecule has 1 heterocycles. The molecule has 3 rings (SSSR count). The number of benzene rings is 2. The zero-order chi connectivity index (χ0) is 18.4. The molecule has 6 heteroatoms. The molecule has 1 aromatic heterocycles. The fraction of sp³-hybridized carbons (Fsp3) is 0.200. The van der Waals surface area contributed by atoms with Crippen LogP contribution in [-0.4, -0.2) is 23.8 Å². The Morgan fingerprint density at radius 2 is 2.08 bits per heavy atom. The van der Waals surface area contributed by atoms with Gasteiger partial charge < -0.3 is 10.1 Å². The van der Waals surface area contributed by atoms with E-state index in [0.717, 1.165) is 32.6 Å². The van der Waals surface area contributed by atoms with Crippen molar-refractivity contribution in [3.8, 4) is 16.3 Å². The second-order valence-electron chi connectivity index (χ2n) is 5.53. The zero-order valence-corrected chi connectivity index (χ0v) is 16.3. The molecule has 0 spiro atoms. The Balaban J connectivity index is 1.69. The molecule has 0 aliphatic heterocycles. The summed E-state index contributed by atoms with van der Waals surface area (Å²) >= 11 is 3.17. The van der Waals surface area contributed by atoms with Crippen molar-refractivity contribution in [1.82, 2.24) is 4.98 Å². The fourth-order valence-corrected chi connectivity index (χ4v) is 3.82. The first kappa shape index (κ1) is 18.5. The molecule has 26 heavy (non-hydrogen) atoms. The average Bonchev–Trinajstić information content (AvgIpc) is 3.10. The number of hydrogen-bond acceptors (Lipinski definition) is 5. The molecule has 4 nitrogen and oxygen atoms in total. The highest BCUT2D eigenvalue weighted by molar-refractivity contribution is 7.98. The average molecular weight is 385 g/mol. The van der Waals surface area contributed by atoms with E-state index < -0.39 is 0 Å². The highest BCUT2D eigenvalue weighted by Gasteiger charge is 2.12. The van der Waals surface area contributed by atoms with E-state index in [4.69, 9.17) is 4.74 Å². The first-order chi connectivity index (χ1) is 12.7. The number of rotatable bonds is 7. The Kier molecular flexibility index (Phi) is 6.30. The second kappa shape index (κ2) is 8.87. The van der Waals surface area contributed by atoms with Gasteiger partial charge in [-0.3, -0.25) is 4.79 Å². The molecule has 0 atom stereocenters. The van der Waals surface area contributed by atoms with E-state index in [2.05, 4.69) is 10.3 Å². The van der Waals surface area contributed by atoms with Gasteiger partial charge in [-0.2, -0.15) is 0 Å². The molecule has 0 aliphatic carbocycles. The quantitative estimate of drug-likeness (QED) is 0.575. The zero-order valence-electron chi connectivity index (χ0n) is 14.7. The summed E-state index contributed by atoms with van der Waals surface area (Å²) in [6, 6.07) is 15.6. The third kappa shape index (κ3) is 4.65. The molecule has 134 valence electrons. The lowest BCUT2D eigenvalue weighted by molar-refractivity contribution is -0.115. The van der Waals surface area contributed by atoms with Crippen molar-refractivity contribution in [3.63, 3.8) is 0 Å². The van der Waals surface area contributed by atoms with Crippen molar-refractivity contribution in [2.24, 2.45) is 0 Å². The van der Waals surface area contributed by atoms with Crippen molar-refractivity contribution in [2.45, 2.75) is 18.2 Å². The van der Waals surface area contributed by atoms with Crippen LogP contribution in [-0.2, 0) is 11.2 Å². The minimum absolute atomic E-state index is 0.0711. The Bertz CT molecular complexity index is 893. The lowest BCUT2D eigenvalue weighted by Crippen LogP contribution is -2.14. The summed E-state index contributed by atoms with van der Waals surface area (Å²) in [5, 5.41) is 5.72. The summed E-state index contributed by atoms with van der Waals surface area (Å²) < 4.78 is 5.67. The van der Waals surface area contributed by atoms with Crippen LogP contribution in [0.5, 0.6) is 5.75 Å². The van der Waals surface area contributed by atoms with E-state index in [1.54, 1.807) is 11.8 Å². The molecule has 0 saturated heterocycles. The van der Waals surface area contributed by atoms with Gasteiger partial charge in [0.1, 0.15) is 10.8 Å². The van der Waals surface area contributed by atoms with Crippen LogP contribution in [0.15, 0.2) is 58.8 Å². The Labute approximate surface area is 161 Å². The molecule has 1 N–H and O–H groups in total. The maximum Gasteiger partial charge on any atom is 0.230 e. The molecule has 1 amide bonds. The van der Waals surface area contributed by atoms with Gasteiger partial charge in [-0.1, -0.05) is 18.2 Å². The number of hydrogen-bond donors (Lipinski definition) is 1. The summed E-state index contributed by atoms with van der Waals surface area (Å²) in [5.74, 6) is 0.743. The van der Waals surface area contributed by atoms with E-state index in [0.29, 0.717) is 6.61 Å². The van der Waals surface area contributed by atoms with Gasteiger partial charge in [0, 0.05) is 16.0 Å². The summed E-state index contributed by atoms with van der Waals surface area (Å²) in [6.07, 6.45) is 2.26. The Hall–Kier alpha value is -2.31. The maximum atomic E-state index is 12.3. The molecule has 0 radical (unpaired) electrons. The lowest BCUT2D eigenvalue weighted by Gasteiger charge is -2.07. The van der Waals surface area contributed by atoms with E-state index in [-0.39, 0.29) is 12.3 Å². The van der Waals surface area contributed by atoms with Crippen LogP contribution in [0.4, 0.5) is 5.69 Å². The monoisotopic (exact) mass is 384 g/mol. The number of thiazole rings is 1. The number of para-hydroxylation sites is 1. The van der Waals surface area contributed by atoms with Crippen molar-refractivity contribution < 1.29 is 9.53 Å². The molecule has 0 fully saturated rings. The van der Waals surface area contributed by atoms with Gasteiger partial charge in [0.15, 0.2) is 0 Å². The number of ether oxygens (including phenoxy) is 1. The van der Waals surface area contributed by atoms with Crippen molar-refractivity contribution >= 4 is 34.7 Å². The van der Waals surface area contributed by atoms with Gasteiger partial charge in [-0.25, -0.2) is 4.98 Å². The SMILES string of the molecule is CCOc1ccccc1-c1nc(CC(=O)Nc2cccc(SC)c2)cs1. The second-order valence-corrected chi connectivity index (χ2v) is 7.27. The van der Waals surface area contributed by atoms with Gasteiger partial charge in [0.05, 0.1) is 24.3 Å². The molecule has 2 aromatic carbocycles. The number of anilines is 1. The highest BCUT2D eigenvalue weighted by atomic mass is 32.2. The van der Waals surface area contributed by atoms with E-state index in [1.807, 2.05) is 67.1 Å². The highest BCUT2D eigenvalue weighted by Crippen LogP contribution is 2.32. The number of nitrogens with zero attached hydrogens (tertiary/aromatic N) is 1. The molecule has 0 unspecified atom stereocenters. The normalized spacial score (nSPS) is 10.5. The van der Waals surface area contributed by atoms with Crippen LogP contribution in [0, 0.1) is 0 Å². The van der Waals surface area contributed by atoms with Crippen LogP contribution in [0.2, 0.25) is 0 Å². The smallest absolute Gasteiger partial charge is 0.230 e. The van der Waals surface area contributed by atoms with Gasteiger partial charge in [0.2, 0.25) is 5.91 Å². The number of aromatic nitrogens is 1. The van der Waals surface area contributed by atoms with Crippen LogP contribution in [0.3, 0.4) is 0 Å². The van der Waals surface area contributed by atoms with Gasteiger partial charge in [-0.15, -0.1) is 23.1 Å². The lowest BCUT2D eigenvalue weighted by atomic mass is 10.2. The van der Waals surface area contributed by atoms with E-state index in [1.165, 1.54) is 11.3 Å². The molecule has 0 saturated carbocycles. The van der Waals surface area contributed by atoms with E-state index >= 15 is 0 Å². The molecular weight excluding hydrogens is 364 g/mol. The summed E-state index contributed by atoms with van der Waals surface area (Å²) in [6.45, 7) is 2.56. The largest absolute Gasteiger partial charge is 0.493 e. The standard InChI is InChI=1S/C20H20N2O2S2/c1-3-24-18-10-5-4-9-17(18)20-22-15(13-26-20)12-19(23)21-14-7-6-8-16(11-14)25-2/h4-11,13H,3,12H2,1-2H3,(H,21,23). The molecule has 0 aliphatic rings. The first-order valence-electron chi connectivity index (χ1n) is 8.30. The topological polar surface area (TPSA) is 51.2 Å². The van der Waals surface area contributed by atoms with Crippen LogP contribution < -0.4 is 10.1 Å². The van der Waals surface area contributed by atoms with Gasteiger partial charge >= 0.3 is 0 Å². The van der Waals surface area contributed by atoms with Crippen molar-refractivity contribution in [1.29, 1.82) is 0 Å². The molecule has 3 aromatic rings. The fourth-order valence-electron chi connectivity index (χ4n) is 2.51. The predicted octanol–water partition coefficient (Wildman–Crippen LogP) is 5.11. The van der Waals surface area contributed by atoms with Crippen LogP contribution in [0.25, 0.3) is 10.6 Å². The number of amides is 1. The third-order valence-electron chi connectivity index (χ3n) is 3.66. The van der Waals surface area contributed by atoms with E-state index in [9.17, 15) is 4.79 Å². The minimum Gasteiger partial charge on any atom is -0.493 e. The number of nitrogens with one attached hydrogen (secondary N) is 1. The first-order valence-corrected chi connectivity index (χ1v) is 10.4. The number of thioether (sulfide) groups is 1. The number of carbonyl (C=O) groups excluding carboxylic acids is 1. The molecular formula is C20H20N2O2S2. The van der Waals surface area contributed by atoms with Gasteiger partial charge in [-0.05, 0) is 43.5 Å². The summed E-state index contributed by atoms with van der Waals surface area (Å²) in [7, 11) is 0. The summed E-state index contributed by atoms with van der Waals surface area (Å²) in [4.78, 5) is 18.0.